The molecule has 1 aliphatic rings. The summed E-state index contributed by atoms with van der Waals surface area (Å²) >= 11 is 6.14. The Morgan fingerprint density at radius 2 is 2.42 bits per heavy atom. The van der Waals surface area contributed by atoms with Gasteiger partial charge in [-0.3, -0.25) is 9.78 Å². The van der Waals surface area contributed by atoms with Crippen LogP contribution < -0.4 is 5.32 Å². The van der Waals surface area contributed by atoms with Crippen molar-refractivity contribution in [3.63, 3.8) is 0 Å². The first-order valence-electron chi connectivity index (χ1n) is 6.86. The Balaban J connectivity index is 2.14. The van der Waals surface area contributed by atoms with Crippen LogP contribution in [0.3, 0.4) is 0 Å². The molecule has 1 heterocycles. The van der Waals surface area contributed by atoms with Gasteiger partial charge in [0.1, 0.15) is 0 Å². The van der Waals surface area contributed by atoms with Gasteiger partial charge in [0.2, 0.25) is 0 Å². The number of pyridine rings is 1. The summed E-state index contributed by atoms with van der Waals surface area (Å²) in [5.41, 5.74) is 1.15. The van der Waals surface area contributed by atoms with Crippen LogP contribution in [-0.4, -0.2) is 22.3 Å². The maximum atomic E-state index is 12.4. The average Bonchev–Trinajstić information content (AvgIpc) is 2.39. The molecule has 0 spiro atoms. The zero-order chi connectivity index (χ0) is 13.9. The number of nitrogens with zero attached hydrogens (tertiary/aromatic N) is 1. The number of halogens is 1. The normalized spacial score (nSPS) is 27.0. The SMILES string of the molecule is Cc1ncccc1C(=O)NC1(CCl)CCCC(C)C1. The van der Waals surface area contributed by atoms with Gasteiger partial charge in [-0.25, -0.2) is 0 Å². The third-order valence-electron chi connectivity index (χ3n) is 3.98. The fourth-order valence-electron chi connectivity index (χ4n) is 2.96. The van der Waals surface area contributed by atoms with Gasteiger partial charge in [-0.2, -0.15) is 0 Å². The van der Waals surface area contributed by atoms with E-state index >= 15 is 0 Å². The fraction of sp³-hybridized carbons (Fsp3) is 0.600. The number of carbonyl (C=O) groups is 1. The molecule has 1 amide bonds. The lowest BCUT2D eigenvalue weighted by atomic mass is 9.77. The van der Waals surface area contributed by atoms with Gasteiger partial charge in [0.25, 0.3) is 5.91 Å². The lowest BCUT2D eigenvalue weighted by Crippen LogP contribution is -2.52. The largest absolute Gasteiger partial charge is 0.345 e. The van der Waals surface area contributed by atoms with Crippen molar-refractivity contribution in [3.8, 4) is 0 Å². The van der Waals surface area contributed by atoms with Crippen molar-refractivity contribution in [1.82, 2.24) is 10.3 Å². The summed E-state index contributed by atoms with van der Waals surface area (Å²) in [4.78, 5) is 16.6. The smallest absolute Gasteiger partial charge is 0.253 e. The van der Waals surface area contributed by atoms with Gasteiger partial charge in [-0.1, -0.05) is 19.8 Å². The van der Waals surface area contributed by atoms with Crippen molar-refractivity contribution in [3.05, 3.63) is 29.6 Å². The van der Waals surface area contributed by atoms with Gasteiger partial charge >= 0.3 is 0 Å². The van der Waals surface area contributed by atoms with Crippen LogP contribution in [0.5, 0.6) is 0 Å². The molecule has 2 unspecified atom stereocenters. The van der Waals surface area contributed by atoms with Gasteiger partial charge in [-0.05, 0) is 37.8 Å². The summed E-state index contributed by atoms with van der Waals surface area (Å²) in [5, 5.41) is 3.16. The highest BCUT2D eigenvalue weighted by atomic mass is 35.5. The van der Waals surface area contributed by atoms with E-state index in [1.54, 1.807) is 12.3 Å². The Kier molecular flexibility index (Phi) is 4.46. The van der Waals surface area contributed by atoms with E-state index < -0.39 is 0 Å². The first kappa shape index (κ1) is 14.3. The minimum atomic E-state index is -0.251. The highest BCUT2D eigenvalue weighted by Gasteiger charge is 2.36. The van der Waals surface area contributed by atoms with Crippen molar-refractivity contribution in [2.24, 2.45) is 5.92 Å². The molecule has 0 bridgehead atoms. The molecule has 104 valence electrons. The lowest BCUT2D eigenvalue weighted by Gasteiger charge is -2.39. The van der Waals surface area contributed by atoms with Gasteiger partial charge in [0.05, 0.1) is 11.1 Å². The van der Waals surface area contributed by atoms with Crippen LogP contribution in [0.25, 0.3) is 0 Å². The summed E-state index contributed by atoms with van der Waals surface area (Å²) < 4.78 is 0. The second-order valence-electron chi connectivity index (χ2n) is 5.71. The number of hydrogen-bond acceptors (Lipinski definition) is 2. The van der Waals surface area contributed by atoms with E-state index in [2.05, 4.69) is 17.2 Å². The number of hydrogen-bond donors (Lipinski definition) is 1. The predicted molar refractivity (Wildman–Crippen MR) is 77.5 cm³/mol. The van der Waals surface area contributed by atoms with Crippen LogP contribution >= 0.6 is 11.6 Å². The Morgan fingerprint density at radius 3 is 3.05 bits per heavy atom. The molecule has 3 nitrogen and oxygen atoms in total. The molecule has 1 saturated carbocycles. The molecule has 0 aromatic carbocycles. The third-order valence-corrected chi connectivity index (χ3v) is 4.49. The standard InChI is InChI=1S/C15H21ClN2O/c1-11-5-3-7-15(9-11,10-16)18-14(19)13-6-4-8-17-12(13)2/h4,6,8,11H,3,5,7,9-10H2,1-2H3,(H,18,19). The number of alkyl halides is 1. The Labute approximate surface area is 119 Å². The van der Waals surface area contributed by atoms with Crippen LogP contribution in [0, 0.1) is 12.8 Å². The van der Waals surface area contributed by atoms with E-state index in [1.165, 1.54) is 6.42 Å². The molecule has 0 aliphatic heterocycles. The molecule has 0 saturated heterocycles. The molecule has 2 rings (SSSR count). The van der Waals surface area contributed by atoms with E-state index in [0.29, 0.717) is 17.4 Å². The maximum Gasteiger partial charge on any atom is 0.253 e. The number of aromatic nitrogens is 1. The Bertz CT molecular complexity index is 463. The second kappa shape index (κ2) is 5.91. The average molecular weight is 281 g/mol. The molecule has 1 fully saturated rings. The van der Waals surface area contributed by atoms with E-state index in [1.807, 2.05) is 13.0 Å². The minimum absolute atomic E-state index is 0.0552. The second-order valence-corrected chi connectivity index (χ2v) is 5.97. The van der Waals surface area contributed by atoms with Crippen LogP contribution in [0.2, 0.25) is 0 Å². The molecule has 4 heteroatoms. The number of rotatable bonds is 3. The van der Waals surface area contributed by atoms with Gasteiger partial charge < -0.3 is 5.32 Å². The van der Waals surface area contributed by atoms with Crippen molar-refractivity contribution in [2.45, 2.75) is 45.1 Å². The van der Waals surface area contributed by atoms with Crippen molar-refractivity contribution < 1.29 is 4.79 Å². The molecule has 0 radical (unpaired) electrons. The summed E-state index contributed by atoms with van der Waals surface area (Å²) in [7, 11) is 0. The first-order valence-corrected chi connectivity index (χ1v) is 7.40. The van der Waals surface area contributed by atoms with Crippen LogP contribution in [0.4, 0.5) is 0 Å². The van der Waals surface area contributed by atoms with Crippen molar-refractivity contribution >= 4 is 17.5 Å². The van der Waals surface area contributed by atoms with E-state index in [9.17, 15) is 4.79 Å². The van der Waals surface area contributed by atoms with E-state index in [0.717, 1.165) is 25.0 Å². The third kappa shape index (κ3) is 3.27. The molecule has 1 aromatic rings. The summed E-state index contributed by atoms with van der Waals surface area (Å²) in [5.74, 6) is 1.03. The van der Waals surface area contributed by atoms with Crippen LogP contribution in [0.15, 0.2) is 18.3 Å². The number of nitrogens with one attached hydrogen (secondary N) is 1. The van der Waals surface area contributed by atoms with Crippen LogP contribution in [-0.2, 0) is 0 Å². The molecular weight excluding hydrogens is 260 g/mol. The Hall–Kier alpha value is -1.09. The zero-order valence-corrected chi connectivity index (χ0v) is 12.3. The highest BCUT2D eigenvalue weighted by Crippen LogP contribution is 2.33. The van der Waals surface area contributed by atoms with Crippen LogP contribution in [0.1, 0.15) is 48.7 Å². The van der Waals surface area contributed by atoms with Gasteiger partial charge in [0, 0.05) is 17.8 Å². The molecule has 19 heavy (non-hydrogen) atoms. The van der Waals surface area contributed by atoms with E-state index in [4.69, 9.17) is 11.6 Å². The van der Waals surface area contributed by atoms with Gasteiger partial charge in [-0.15, -0.1) is 11.6 Å². The summed E-state index contributed by atoms with van der Waals surface area (Å²) in [6.07, 6.45) is 5.97. The zero-order valence-electron chi connectivity index (χ0n) is 11.6. The Morgan fingerprint density at radius 1 is 1.63 bits per heavy atom. The molecule has 1 N–H and O–H groups in total. The maximum absolute atomic E-state index is 12.4. The highest BCUT2D eigenvalue weighted by molar-refractivity contribution is 6.19. The quantitative estimate of drug-likeness (QED) is 0.863. The molecule has 1 aromatic heterocycles. The number of aryl methyl sites for hydroxylation is 1. The monoisotopic (exact) mass is 280 g/mol. The molecule has 1 aliphatic carbocycles. The molecule has 2 atom stereocenters. The van der Waals surface area contributed by atoms with Gasteiger partial charge in [0.15, 0.2) is 0 Å². The predicted octanol–water partition coefficient (Wildman–Crippen LogP) is 3.31. The van der Waals surface area contributed by atoms with E-state index in [-0.39, 0.29) is 11.4 Å². The number of amides is 1. The lowest BCUT2D eigenvalue weighted by molar-refractivity contribution is 0.0866. The minimum Gasteiger partial charge on any atom is -0.345 e. The summed E-state index contributed by atoms with van der Waals surface area (Å²) in [6, 6.07) is 3.60. The summed E-state index contributed by atoms with van der Waals surface area (Å²) in [6.45, 7) is 4.08. The molecular formula is C15H21ClN2O. The van der Waals surface area contributed by atoms with Crippen molar-refractivity contribution in [1.29, 1.82) is 0 Å². The first-order chi connectivity index (χ1) is 9.06. The van der Waals surface area contributed by atoms with Crippen molar-refractivity contribution in [2.75, 3.05) is 5.88 Å². The topological polar surface area (TPSA) is 42.0 Å². The number of carbonyl (C=O) groups excluding carboxylic acids is 1. The fourth-order valence-corrected chi connectivity index (χ4v) is 3.27.